The van der Waals surface area contributed by atoms with Gasteiger partial charge in [0.15, 0.2) is 5.75 Å². The van der Waals surface area contributed by atoms with Crippen molar-refractivity contribution < 1.29 is 23.0 Å². The minimum absolute atomic E-state index is 0.0998. The van der Waals surface area contributed by atoms with Gasteiger partial charge in [-0.05, 0) is 6.92 Å². The van der Waals surface area contributed by atoms with Crippen molar-refractivity contribution in [2.24, 2.45) is 0 Å². The quantitative estimate of drug-likeness (QED) is 0.771. The number of pyridine rings is 1. The predicted octanol–water partition coefficient (Wildman–Crippen LogP) is 2.08. The molecule has 1 rings (SSSR count). The Balaban J connectivity index is 3.40. The maximum atomic E-state index is 12.6. The number of aromatic nitrogens is 1. The number of ether oxygens (including phenoxy) is 2. The van der Waals surface area contributed by atoms with Gasteiger partial charge in [-0.25, -0.2) is 13.6 Å². The second-order valence-corrected chi connectivity index (χ2v) is 3.10. The monoisotopic (exact) mass is 256 g/mol. The Morgan fingerprint density at radius 1 is 1.61 bits per heavy atom. The van der Waals surface area contributed by atoms with Crippen molar-refractivity contribution in [2.75, 3.05) is 13.7 Å². The summed E-state index contributed by atoms with van der Waals surface area (Å²) in [7, 11) is 1.12. The van der Waals surface area contributed by atoms with Gasteiger partial charge in [0.25, 0.3) is 6.43 Å². The first-order valence-electron chi connectivity index (χ1n) is 4.99. The second-order valence-electron chi connectivity index (χ2n) is 3.10. The summed E-state index contributed by atoms with van der Waals surface area (Å²) in [6.07, 6.45) is -2.01. The summed E-state index contributed by atoms with van der Waals surface area (Å²) < 4.78 is 34.7. The summed E-state index contributed by atoms with van der Waals surface area (Å²) >= 11 is 0. The molecule has 0 saturated carbocycles. The zero-order valence-corrected chi connectivity index (χ0v) is 9.74. The topological polar surface area (TPSA) is 72.2 Å². The number of halogens is 2. The van der Waals surface area contributed by atoms with Crippen LogP contribution in [0.5, 0.6) is 5.75 Å². The normalized spacial score (nSPS) is 10.0. The Bertz CT molecular complexity index is 498. The molecule has 1 aromatic heterocycles. The number of nitrogens with zero attached hydrogens (tertiary/aromatic N) is 2. The maximum Gasteiger partial charge on any atom is 0.341 e. The highest BCUT2D eigenvalue weighted by Gasteiger charge is 2.25. The van der Waals surface area contributed by atoms with Crippen molar-refractivity contribution in [1.82, 2.24) is 4.98 Å². The number of carbonyl (C=O) groups is 1. The van der Waals surface area contributed by atoms with Crippen LogP contribution < -0.4 is 4.74 Å². The maximum absolute atomic E-state index is 12.6. The zero-order valence-electron chi connectivity index (χ0n) is 9.74. The Morgan fingerprint density at radius 2 is 2.28 bits per heavy atom. The van der Waals surface area contributed by atoms with Crippen LogP contribution >= 0.6 is 0 Å². The van der Waals surface area contributed by atoms with Crippen LogP contribution in [-0.2, 0) is 4.74 Å². The van der Waals surface area contributed by atoms with Gasteiger partial charge in [0.05, 0.1) is 19.3 Å². The van der Waals surface area contributed by atoms with E-state index in [1.54, 1.807) is 13.0 Å². The fourth-order valence-electron chi connectivity index (χ4n) is 1.34. The van der Waals surface area contributed by atoms with Crippen LogP contribution in [0, 0.1) is 11.3 Å². The lowest BCUT2D eigenvalue weighted by Gasteiger charge is -2.11. The number of methoxy groups -OCH3 is 1. The minimum Gasteiger partial charge on any atom is -0.493 e. The predicted molar refractivity (Wildman–Crippen MR) is 56.4 cm³/mol. The Hall–Kier alpha value is -2.23. The molecule has 0 aliphatic heterocycles. The lowest BCUT2D eigenvalue weighted by atomic mass is 10.1. The van der Waals surface area contributed by atoms with Crippen molar-refractivity contribution >= 4 is 5.97 Å². The van der Waals surface area contributed by atoms with Gasteiger partial charge in [0.1, 0.15) is 17.3 Å². The van der Waals surface area contributed by atoms with E-state index in [2.05, 4.69) is 4.98 Å². The summed E-state index contributed by atoms with van der Waals surface area (Å²) in [5.74, 6) is -1.21. The van der Waals surface area contributed by atoms with E-state index in [0.29, 0.717) is 0 Å². The lowest BCUT2D eigenvalue weighted by molar-refractivity contribution is 0.0524. The number of alkyl halides is 2. The van der Waals surface area contributed by atoms with E-state index in [9.17, 15) is 13.6 Å². The third-order valence-corrected chi connectivity index (χ3v) is 2.08. The first-order chi connectivity index (χ1) is 8.56. The molecule has 0 spiro atoms. The Labute approximate surface area is 102 Å². The van der Waals surface area contributed by atoms with Crippen molar-refractivity contribution in [1.29, 1.82) is 5.26 Å². The summed E-state index contributed by atoms with van der Waals surface area (Å²) in [6, 6.07) is 1.65. The standard InChI is InChI=1S/C11H10F2N2O3/c1-3-18-11(16)7-5-15-8(10(12)13)9(17-2)6(7)4-14/h5,10H,3H2,1-2H3. The molecule has 0 fully saturated rings. The third-order valence-electron chi connectivity index (χ3n) is 2.08. The molecule has 0 aliphatic carbocycles. The van der Waals surface area contributed by atoms with E-state index in [4.69, 9.17) is 14.7 Å². The van der Waals surface area contributed by atoms with Crippen LogP contribution in [0.25, 0.3) is 0 Å². The van der Waals surface area contributed by atoms with Gasteiger partial charge in [-0.1, -0.05) is 0 Å². The van der Waals surface area contributed by atoms with Crippen LogP contribution in [0.4, 0.5) is 8.78 Å². The summed E-state index contributed by atoms with van der Waals surface area (Å²) in [6.45, 7) is 1.69. The molecule has 5 nitrogen and oxygen atoms in total. The number of rotatable bonds is 4. The highest BCUT2D eigenvalue weighted by atomic mass is 19.3. The zero-order chi connectivity index (χ0) is 13.7. The lowest BCUT2D eigenvalue weighted by Crippen LogP contribution is -2.10. The summed E-state index contributed by atoms with van der Waals surface area (Å²) in [5.41, 5.74) is -1.18. The number of hydrogen-bond donors (Lipinski definition) is 0. The molecule has 0 radical (unpaired) electrons. The molecular weight excluding hydrogens is 246 g/mol. The number of esters is 1. The molecule has 96 valence electrons. The average Bonchev–Trinajstić information content (AvgIpc) is 2.36. The number of hydrogen-bond acceptors (Lipinski definition) is 5. The molecule has 0 bridgehead atoms. The fourth-order valence-corrected chi connectivity index (χ4v) is 1.34. The molecular formula is C11H10F2N2O3. The molecule has 1 heterocycles. The van der Waals surface area contributed by atoms with Crippen LogP contribution in [-0.4, -0.2) is 24.7 Å². The highest BCUT2D eigenvalue weighted by molar-refractivity contribution is 5.93. The van der Waals surface area contributed by atoms with Crippen molar-refractivity contribution in [3.63, 3.8) is 0 Å². The smallest absolute Gasteiger partial charge is 0.341 e. The third kappa shape index (κ3) is 2.53. The molecule has 0 atom stereocenters. The number of carbonyl (C=O) groups excluding carboxylic acids is 1. The Kier molecular flexibility index (Phi) is 4.54. The van der Waals surface area contributed by atoms with E-state index in [1.165, 1.54) is 0 Å². The van der Waals surface area contributed by atoms with E-state index < -0.39 is 23.8 Å². The van der Waals surface area contributed by atoms with Gasteiger partial charge in [0, 0.05) is 6.20 Å². The molecule has 1 aromatic rings. The molecule has 7 heteroatoms. The van der Waals surface area contributed by atoms with E-state index in [-0.39, 0.29) is 17.7 Å². The first-order valence-corrected chi connectivity index (χ1v) is 4.99. The molecule has 0 N–H and O–H groups in total. The van der Waals surface area contributed by atoms with Crippen LogP contribution in [0.1, 0.15) is 35.0 Å². The van der Waals surface area contributed by atoms with E-state index >= 15 is 0 Å². The highest BCUT2D eigenvalue weighted by Crippen LogP contribution is 2.31. The fraction of sp³-hybridized carbons (Fsp3) is 0.364. The van der Waals surface area contributed by atoms with Crippen LogP contribution in [0.15, 0.2) is 6.20 Å². The number of nitriles is 1. The van der Waals surface area contributed by atoms with Gasteiger partial charge in [0.2, 0.25) is 0 Å². The SMILES string of the molecule is CCOC(=O)c1cnc(C(F)F)c(OC)c1C#N. The van der Waals surface area contributed by atoms with E-state index in [1.807, 2.05) is 0 Å². The summed E-state index contributed by atoms with van der Waals surface area (Å²) in [4.78, 5) is 15.0. The van der Waals surface area contributed by atoms with Gasteiger partial charge in [-0.15, -0.1) is 0 Å². The largest absolute Gasteiger partial charge is 0.493 e. The Morgan fingerprint density at radius 3 is 2.72 bits per heavy atom. The van der Waals surface area contributed by atoms with Gasteiger partial charge in [-0.3, -0.25) is 4.98 Å². The van der Waals surface area contributed by atoms with Crippen LogP contribution in [0.3, 0.4) is 0 Å². The molecule has 0 aromatic carbocycles. The average molecular weight is 256 g/mol. The minimum atomic E-state index is -2.90. The molecule has 0 unspecified atom stereocenters. The molecule has 18 heavy (non-hydrogen) atoms. The van der Waals surface area contributed by atoms with Crippen molar-refractivity contribution in [3.05, 3.63) is 23.0 Å². The van der Waals surface area contributed by atoms with Gasteiger partial charge < -0.3 is 9.47 Å². The molecule has 0 saturated heterocycles. The van der Waals surface area contributed by atoms with Crippen molar-refractivity contribution in [2.45, 2.75) is 13.3 Å². The first kappa shape index (κ1) is 13.8. The van der Waals surface area contributed by atoms with Crippen LogP contribution in [0.2, 0.25) is 0 Å². The molecule has 0 aliphatic rings. The van der Waals surface area contributed by atoms with Gasteiger partial charge in [-0.2, -0.15) is 5.26 Å². The molecule has 0 amide bonds. The summed E-state index contributed by atoms with van der Waals surface area (Å²) in [5, 5.41) is 8.94. The van der Waals surface area contributed by atoms with Crippen molar-refractivity contribution in [3.8, 4) is 11.8 Å². The second kappa shape index (κ2) is 5.91. The van der Waals surface area contributed by atoms with E-state index in [0.717, 1.165) is 13.3 Å². The van der Waals surface area contributed by atoms with Gasteiger partial charge >= 0.3 is 5.97 Å².